The standard InChI is InChI=1S/C32H33ClN2O6/c1-3-5-6-10-17-40-29-27(33)19-23(20-28(29)39-4-2)18-26-30(36)34-32(38)35(31(26)37)24-13-15-25(16-14-24)41-21-22-11-8-7-9-12-22/h7-9,11-16,18-20H,3-6,10,17,21H2,1-2H3,(H,34,36,38)/b26-18-. The van der Waals surface area contributed by atoms with E-state index in [9.17, 15) is 14.4 Å². The van der Waals surface area contributed by atoms with Crippen molar-refractivity contribution in [1.29, 1.82) is 0 Å². The third kappa shape index (κ3) is 7.67. The number of halogens is 1. The Morgan fingerprint density at radius 1 is 0.878 bits per heavy atom. The molecular formula is C32H33ClN2O6. The highest BCUT2D eigenvalue weighted by Gasteiger charge is 2.37. The molecule has 1 N–H and O–H groups in total. The van der Waals surface area contributed by atoms with E-state index in [2.05, 4.69) is 12.2 Å². The Hall–Kier alpha value is -4.30. The zero-order chi connectivity index (χ0) is 29.2. The summed E-state index contributed by atoms with van der Waals surface area (Å²) in [6, 6.07) is 18.6. The van der Waals surface area contributed by atoms with Crippen LogP contribution in [0.4, 0.5) is 10.5 Å². The number of carbonyl (C=O) groups is 3. The molecule has 8 nitrogen and oxygen atoms in total. The lowest BCUT2D eigenvalue weighted by molar-refractivity contribution is -0.122. The Kier molecular flexibility index (Phi) is 10.4. The second-order valence-electron chi connectivity index (χ2n) is 9.40. The molecule has 9 heteroatoms. The fourth-order valence-electron chi connectivity index (χ4n) is 4.27. The van der Waals surface area contributed by atoms with Crippen LogP contribution in [0.2, 0.25) is 5.02 Å². The number of ether oxygens (including phenoxy) is 3. The topological polar surface area (TPSA) is 94.2 Å². The van der Waals surface area contributed by atoms with Gasteiger partial charge in [-0.1, -0.05) is 68.1 Å². The van der Waals surface area contributed by atoms with Gasteiger partial charge in [0, 0.05) is 0 Å². The molecule has 1 heterocycles. The Morgan fingerprint density at radius 2 is 1.63 bits per heavy atom. The van der Waals surface area contributed by atoms with Gasteiger partial charge in [-0.25, -0.2) is 9.69 Å². The maximum Gasteiger partial charge on any atom is 0.335 e. The van der Waals surface area contributed by atoms with Crippen molar-refractivity contribution in [3.8, 4) is 17.2 Å². The van der Waals surface area contributed by atoms with Crippen LogP contribution in [0.15, 0.2) is 72.3 Å². The van der Waals surface area contributed by atoms with Crippen molar-refractivity contribution in [1.82, 2.24) is 5.32 Å². The third-order valence-electron chi connectivity index (χ3n) is 6.33. The first-order chi connectivity index (χ1) is 19.9. The maximum absolute atomic E-state index is 13.4. The fourth-order valence-corrected chi connectivity index (χ4v) is 4.54. The van der Waals surface area contributed by atoms with E-state index in [1.165, 1.54) is 6.08 Å². The molecule has 1 saturated heterocycles. The van der Waals surface area contributed by atoms with Gasteiger partial charge in [0.2, 0.25) is 0 Å². The van der Waals surface area contributed by atoms with Crippen LogP contribution in [0.1, 0.15) is 50.7 Å². The minimum absolute atomic E-state index is 0.222. The van der Waals surface area contributed by atoms with Gasteiger partial charge >= 0.3 is 6.03 Å². The molecule has 4 amide bonds. The van der Waals surface area contributed by atoms with Gasteiger partial charge in [0.1, 0.15) is 17.9 Å². The number of nitrogens with one attached hydrogen (secondary N) is 1. The average Bonchev–Trinajstić information content (AvgIpc) is 2.96. The molecule has 0 radical (unpaired) electrons. The largest absolute Gasteiger partial charge is 0.490 e. The molecule has 3 aromatic rings. The van der Waals surface area contributed by atoms with Gasteiger partial charge < -0.3 is 14.2 Å². The van der Waals surface area contributed by atoms with E-state index >= 15 is 0 Å². The number of benzene rings is 3. The van der Waals surface area contributed by atoms with Crippen molar-refractivity contribution in [3.05, 3.63) is 88.5 Å². The molecule has 4 rings (SSSR count). The van der Waals surface area contributed by atoms with E-state index in [-0.39, 0.29) is 11.3 Å². The first-order valence-electron chi connectivity index (χ1n) is 13.7. The Morgan fingerprint density at radius 3 is 2.34 bits per heavy atom. The highest BCUT2D eigenvalue weighted by molar-refractivity contribution is 6.39. The molecule has 0 bridgehead atoms. The van der Waals surface area contributed by atoms with Crippen molar-refractivity contribution < 1.29 is 28.6 Å². The minimum Gasteiger partial charge on any atom is -0.490 e. The van der Waals surface area contributed by atoms with Crippen LogP contribution in [-0.4, -0.2) is 31.1 Å². The molecule has 214 valence electrons. The van der Waals surface area contributed by atoms with Crippen molar-refractivity contribution in [2.75, 3.05) is 18.1 Å². The molecule has 1 aliphatic heterocycles. The summed E-state index contributed by atoms with van der Waals surface area (Å²) >= 11 is 6.53. The van der Waals surface area contributed by atoms with E-state index in [0.717, 1.165) is 36.1 Å². The normalized spacial score (nSPS) is 14.3. The third-order valence-corrected chi connectivity index (χ3v) is 6.61. The summed E-state index contributed by atoms with van der Waals surface area (Å²) in [6.07, 6.45) is 5.58. The summed E-state index contributed by atoms with van der Waals surface area (Å²) in [5, 5.41) is 2.53. The monoisotopic (exact) mass is 576 g/mol. The van der Waals surface area contributed by atoms with Gasteiger partial charge in [0.15, 0.2) is 11.5 Å². The number of carbonyl (C=O) groups excluding carboxylic acids is 3. The number of anilines is 1. The summed E-state index contributed by atoms with van der Waals surface area (Å²) in [4.78, 5) is 39.7. The number of nitrogens with zero attached hydrogens (tertiary/aromatic N) is 1. The summed E-state index contributed by atoms with van der Waals surface area (Å²) in [6.45, 7) is 5.22. The van der Waals surface area contributed by atoms with E-state index in [1.54, 1.807) is 36.4 Å². The van der Waals surface area contributed by atoms with Gasteiger partial charge in [-0.3, -0.25) is 14.9 Å². The number of hydrogen-bond acceptors (Lipinski definition) is 6. The predicted octanol–water partition coefficient (Wildman–Crippen LogP) is 6.94. The highest BCUT2D eigenvalue weighted by atomic mass is 35.5. The summed E-state index contributed by atoms with van der Waals surface area (Å²) < 4.78 is 17.4. The second-order valence-corrected chi connectivity index (χ2v) is 9.81. The van der Waals surface area contributed by atoms with Crippen LogP contribution < -0.4 is 24.4 Å². The van der Waals surface area contributed by atoms with Gasteiger partial charge in [0.05, 0.1) is 23.9 Å². The van der Waals surface area contributed by atoms with E-state index in [4.69, 9.17) is 25.8 Å². The number of urea groups is 1. The molecule has 3 aromatic carbocycles. The zero-order valence-electron chi connectivity index (χ0n) is 23.2. The van der Waals surface area contributed by atoms with Crippen molar-refractivity contribution in [2.45, 2.75) is 46.1 Å². The first kappa shape index (κ1) is 29.7. The van der Waals surface area contributed by atoms with Crippen LogP contribution in [0.25, 0.3) is 6.08 Å². The number of barbiturate groups is 1. The molecule has 0 spiro atoms. The maximum atomic E-state index is 13.4. The number of rotatable bonds is 13. The van der Waals surface area contributed by atoms with Gasteiger partial charge in [0.25, 0.3) is 11.8 Å². The molecule has 0 aliphatic carbocycles. The SMILES string of the molecule is CCCCCCOc1c(Cl)cc(/C=C2/C(=O)NC(=O)N(c3ccc(OCc4ccccc4)cc3)C2=O)cc1OCC. The predicted molar refractivity (Wildman–Crippen MR) is 158 cm³/mol. The van der Waals surface area contributed by atoms with Gasteiger partial charge in [-0.2, -0.15) is 0 Å². The summed E-state index contributed by atoms with van der Waals surface area (Å²) in [7, 11) is 0. The lowest BCUT2D eigenvalue weighted by Crippen LogP contribution is -2.54. The zero-order valence-corrected chi connectivity index (χ0v) is 23.9. The van der Waals surface area contributed by atoms with Crippen LogP contribution >= 0.6 is 11.6 Å². The van der Waals surface area contributed by atoms with Crippen molar-refractivity contribution in [2.24, 2.45) is 0 Å². The van der Waals surface area contributed by atoms with Crippen LogP contribution in [0, 0.1) is 0 Å². The number of amides is 4. The quantitative estimate of drug-likeness (QED) is 0.134. The van der Waals surface area contributed by atoms with Crippen molar-refractivity contribution >= 4 is 41.2 Å². The Bertz CT molecular complexity index is 1410. The highest BCUT2D eigenvalue weighted by Crippen LogP contribution is 2.38. The van der Waals surface area contributed by atoms with Crippen LogP contribution in [0.3, 0.4) is 0 Å². The van der Waals surface area contributed by atoms with Crippen LogP contribution in [0.5, 0.6) is 17.2 Å². The lowest BCUT2D eigenvalue weighted by atomic mass is 10.1. The Balaban J connectivity index is 1.53. The summed E-state index contributed by atoms with van der Waals surface area (Å²) in [5.41, 5.74) is 1.53. The molecule has 0 aromatic heterocycles. The molecule has 0 saturated carbocycles. The number of imide groups is 2. The lowest BCUT2D eigenvalue weighted by Gasteiger charge is -2.26. The first-order valence-corrected chi connectivity index (χ1v) is 14.1. The number of hydrogen-bond donors (Lipinski definition) is 1. The van der Waals surface area contributed by atoms with Gasteiger partial charge in [-0.05, 0) is 66.9 Å². The smallest absolute Gasteiger partial charge is 0.335 e. The van der Waals surface area contributed by atoms with Crippen molar-refractivity contribution in [3.63, 3.8) is 0 Å². The second kappa shape index (κ2) is 14.4. The van der Waals surface area contributed by atoms with E-state index < -0.39 is 17.8 Å². The molecule has 41 heavy (non-hydrogen) atoms. The number of unbranched alkanes of at least 4 members (excludes halogenated alkanes) is 3. The summed E-state index contributed by atoms with van der Waals surface area (Å²) in [5.74, 6) is -0.172. The van der Waals surface area contributed by atoms with Crippen LogP contribution in [-0.2, 0) is 16.2 Å². The minimum atomic E-state index is -0.838. The van der Waals surface area contributed by atoms with E-state index in [0.29, 0.717) is 47.7 Å². The molecule has 0 atom stereocenters. The molecule has 0 unspecified atom stereocenters. The molecular weight excluding hydrogens is 544 g/mol. The molecule has 1 aliphatic rings. The van der Waals surface area contributed by atoms with E-state index in [1.807, 2.05) is 37.3 Å². The molecule has 1 fully saturated rings. The average molecular weight is 577 g/mol. The van der Waals surface area contributed by atoms with Gasteiger partial charge in [-0.15, -0.1) is 0 Å². The Labute approximate surface area is 244 Å². The fraction of sp³-hybridized carbons (Fsp3) is 0.281.